The van der Waals surface area contributed by atoms with Gasteiger partial charge >= 0.3 is 0 Å². The fourth-order valence-electron chi connectivity index (χ4n) is 5.84. The first-order valence-corrected chi connectivity index (χ1v) is 18.9. The van der Waals surface area contributed by atoms with Gasteiger partial charge in [-0.15, -0.1) is 0 Å². The number of nitrogens with zero attached hydrogens (tertiary/aromatic N) is 1. The van der Waals surface area contributed by atoms with Crippen LogP contribution < -0.4 is 60.2 Å². The molecule has 1 aliphatic heterocycles. The molecular formula is C36H56N12O11. The van der Waals surface area contributed by atoms with Crippen molar-refractivity contribution in [2.75, 3.05) is 33.2 Å². The van der Waals surface area contributed by atoms with Crippen LogP contribution in [0.1, 0.15) is 51.5 Å². The number of benzene rings is 1. The molecule has 1 aliphatic rings. The zero-order valence-corrected chi connectivity index (χ0v) is 33.2. The quantitative estimate of drug-likeness (QED) is 0.0696. The highest BCUT2D eigenvalue weighted by atomic mass is 16.3. The molecule has 0 bridgehead atoms. The van der Waals surface area contributed by atoms with E-state index in [-0.39, 0.29) is 44.5 Å². The van der Waals surface area contributed by atoms with E-state index < -0.39 is 121 Å². The van der Waals surface area contributed by atoms with Gasteiger partial charge in [-0.1, -0.05) is 32.4 Å². The number of nitrogens with two attached hydrogens (primary N) is 4. The number of rotatable bonds is 17. The van der Waals surface area contributed by atoms with Crippen LogP contribution in [-0.2, 0) is 54.4 Å². The van der Waals surface area contributed by atoms with Gasteiger partial charge in [0.15, 0.2) is 0 Å². The first kappa shape index (κ1) is 48.8. The van der Waals surface area contributed by atoms with Crippen LogP contribution in [0.5, 0.6) is 5.75 Å². The Bertz CT molecular complexity index is 1710. The molecule has 7 atom stereocenters. The van der Waals surface area contributed by atoms with Crippen LogP contribution in [0, 0.1) is 5.92 Å². The number of amides is 10. The lowest BCUT2D eigenvalue weighted by Crippen LogP contribution is -2.61. The third-order valence-electron chi connectivity index (χ3n) is 9.36. The molecule has 2 rings (SSSR count). The fraction of sp³-hybridized carbons (Fsp3) is 0.556. The monoisotopic (exact) mass is 832 g/mol. The summed E-state index contributed by atoms with van der Waals surface area (Å²) in [4.78, 5) is 130. The summed E-state index contributed by atoms with van der Waals surface area (Å²) >= 11 is 0. The van der Waals surface area contributed by atoms with E-state index in [1.165, 1.54) is 19.2 Å². The van der Waals surface area contributed by atoms with E-state index in [4.69, 9.17) is 22.9 Å². The van der Waals surface area contributed by atoms with Crippen molar-refractivity contribution in [1.82, 2.24) is 42.1 Å². The molecule has 1 fully saturated rings. The molecule has 59 heavy (non-hydrogen) atoms. The standard InChI is InChI=1S/C36H56N12O11/c1-4-18(2)30-35(58)44-21(9-10-26(38)50)32(55)46-24(14-27(39)51)34(57)45-22(11-12-41-23(33(56)47-30)13-19-5-7-20(49)8-6-19)36(59)48(3)17-29(53)43-25(15-37)31(54)42-16-28(40)52/h5-8,18,21-25,30,41,49H,4,9-17,37H2,1-3H3,(H2,38,50)(H2,39,51)(H2,40,52)(H,42,54)(H,43,53)(H,44,58)(H,45,57)(H,46,55)(H,47,56)/t18-,21-,22-,23-,24-,25-,30-/m0/s1. The zero-order chi connectivity index (χ0) is 44.4. The Labute approximate surface area is 340 Å². The fourth-order valence-corrected chi connectivity index (χ4v) is 5.84. The van der Waals surface area contributed by atoms with Crippen LogP contribution in [0.4, 0.5) is 0 Å². The number of primary amides is 3. The Hall–Kier alpha value is -6.36. The van der Waals surface area contributed by atoms with Crippen LogP contribution in [0.2, 0.25) is 0 Å². The van der Waals surface area contributed by atoms with E-state index in [1.807, 2.05) is 0 Å². The van der Waals surface area contributed by atoms with Gasteiger partial charge in [-0.3, -0.25) is 47.9 Å². The molecule has 1 saturated heterocycles. The molecule has 23 nitrogen and oxygen atoms in total. The first-order chi connectivity index (χ1) is 27.7. The van der Waals surface area contributed by atoms with Crippen molar-refractivity contribution in [3.8, 4) is 5.75 Å². The number of aromatic hydroxyl groups is 1. The van der Waals surface area contributed by atoms with Crippen molar-refractivity contribution in [3.05, 3.63) is 29.8 Å². The van der Waals surface area contributed by atoms with E-state index in [0.717, 1.165) is 4.90 Å². The van der Waals surface area contributed by atoms with Crippen molar-refractivity contribution >= 4 is 59.1 Å². The molecular weight excluding hydrogens is 776 g/mol. The molecule has 16 N–H and O–H groups in total. The highest BCUT2D eigenvalue weighted by molar-refractivity contribution is 5.98. The molecule has 1 aromatic carbocycles. The molecule has 1 aromatic rings. The van der Waals surface area contributed by atoms with E-state index >= 15 is 0 Å². The smallest absolute Gasteiger partial charge is 0.245 e. The first-order valence-electron chi connectivity index (χ1n) is 18.9. The lowest BCUT2D eigenvalue weighted by atomic mass is 9.96. The minimum atomic E-state index is -1.70. The Balaban J connectivity index is 2.56. The summed E-state index contributed by atoms with van der Waals surface area (Å²) in [6.45, 7) is 1.76. The second kappa shape index (κ2) is 23.8. The van der Waals surface area contributed by atoms with Gasteiger partial charge in [0.2, 0.25) is 59.1 Å². The van der Waals surface area contributed by atoms with Gasteiger partial charge < -0.3 is 70.2 Å². The van der Waals surface area contributed by atoms with Gasteiger partial charge in [-0.2, -0.15) is 0 Å². The average molecular weight is 833 g/mol. The molecule has 10 amide bonds. The Morgan fingerprint density at radius 1 is 0.847 bits per heavy atom. The second-order valence-corrected chi connectivity index (χ2v) is 14.1. The van der Waals surface area contributed by atoms with Gasteiger partial charge in [0.25, 0.3) is 0 Å². The van der Waals surface area contributed by atoms with Crippen LogP contribution in [0.25, 0.3) is 0 Å². The predicted octanol–water partition coefficient (Wildman–Crippen LogP) is -6.07. The predicted molar refractivity (Wildman–Crippen MR) is 208 cm³/mol. The van der Waals surface area contributed by atoms with Gasteiger partial charge in [-0.25, -0.2) is 0 Å². The van der Waals surface area contributed by atoms with Crippen LogP contribution in [0.3, 0.4) is 0 Å². The van der Waals surface area contributed by atoms with E-state index in [1.54, 1.807) is 26.0 Å². The van der Waals surface area contributed by atoms with Gasteiger partial charge in [-0.05, 0) is 49.4 Å². The topological polar surface area (TPSA) is 382 Å². The van der Waals surface area contributed by atoms with Crippen molar-refractivity contribution in [3.63, 3.8) is 0 Å². The highest BCUT2D eigenvalue weighted by Crippen LogP contribution is 2.14. The summed E-state index contributed by atoms with van der Waals surface area (Å²) < 4.78 is 0. The number of carbonyl (C=O) groups is 10. The van der Waals surface area contributed by atoms with Crippen molar-refractivity contribution < 1.29 is 53.1 Å². The molecule has 23 heteroatoms. The molecule has 0 unspecified atom stereocenters. The van der Waals surface area contributed by atoms with Crippen LogP contribution >= 0.6 is 0 Å². The largest absolute Gasteiger partial charge is 0.508 e. The maximum absolute atomic E-state index is 14.0. The number of phenolic OH excluding ortho intramolecular Hbond substituents is 1. The summed E-state index contributed by atoms with van der Waals surface area (Å²) in [6.07, 6.45) is -1.31. The molecule has 1 heterocycles. The van der Waals surface area contributed by atoms with Crippen molar-refractivity contribution in [1.29, 1.82) is 0 Å². The normalized spacial score (nSPS) is 21.6. The number of hydrogen-bond donors (Lipinski definition) is 12. The average Bonchev–Trinajstić information content (AvgIpc) is 3.17. The SMILES string of the molecule is CC[C@H](C)[C@@H]1NC(=O)[C@H](Cc2ccc(O)cc2)NCC[C@@H](C(=O)N(C)CC(=O)N[C@@H](CN)C(=O)NCC(N)=O)NC(=O)[C@H](CC(N)=O)NC(=O)[C@H](CCC(N)=O)NC1=O. The summed E-state index contributed by atoms with van der Waals surface area (Å²) in [7, 11) is 1.22. The van der Waals surface area contributed by atoms with Crippen molar-refractivity contribution in [2.24, 2.45) is 28.9 Å². The molecule has 0 saturated carbocycles. The molecule has 0 spiro atoms. The Kier molecular flexibility index (Phi) is 19.7. The van der Waals surface area contributed by atoms with E-state index in [2.05, 4.69) is 37.2 Å². The van der Waals surface area contributed by atoms with E-state index in [0.29, 0.717) is 12.0 Å². The summed E-state index contributed by atoms with van der Waals surface area (Å²) in [5, 5.41) is 27.5. The summed E-state index contributed by atoms with van der Waals surface area (Å²) in [6, 6.07) is -2.29. The summed E-state index contributed by atoms with van der Waals surface area (Å²) in [5.74, 6) is -9.24. The summed E-state index contributed by atoms with van der Waals surface area (Å²) in [5.41, 5.74) is 22.0. The van der Waals surface area contributed by atoms with Crippen LogP contribution in [0.15, 0.2) is 24.3 Å². The minimum Gasteiger partial charge on any atom is -0.508 e. The van der Waals surface area contributed by atoms with Gasteiger partial charge in [0.1, 0.15) is 36.0 Å². The maximum Gasteiger partial charge on any atom is 0.245 e. The van der Waals surface area contributed by atoms with Gasteiger partial charge in [0, 0.05) is 20.0 Å². The maximum atomic E-state index is 14.0. The van der Waals surface area contributed by atoms with Gasteiger partial charge in [0.05, 0.1) is 25.6 Å². The Morgan fingerprint density at radius 3 is 2.03 bits per heavy atom. The number of likely N-dealkylation sites (N-methyl/N-ethyl adjacent to an activating group) is 1. The number of nitrogens with one attached hydrogen (secondary N) is 7. The number of carbonyl (C=O) groups excluding carboxylic acids is 10. The highest BCUT2D eigenvalue weighted by Gasteiger charge is 2.36. The molecule has 0 aliphatic carbocycles. The molecule has 326 valence electrons. The third kappa shape index (κ3) is 16.6. The molecule has 0 radical (unpaired) electrons. The minimum absolute atomic E-state index is 0.0195. The lowest BCUT2D eigenvalue weighted by molar-refractivity contribution is -0.140. The van der Waals surface area contributed by atoms with E-state index in [9.17, 15) is 53.1 Å². The number of hydrogen-bond acceptors (Lipinski definition) is 13. The lowest BCUT2D eigenvalue weighted by Gasteiger charge is -2.30. The zero-order valence-electron chi connectivity index (χ0n) is 33.2. The second-order valence-electron chi connectivity index (χ2n) is 14.1. The van der Waals surface area contributed by atoms with Crippen molar-refractivity contribution in [2.45, 2.75) is 88.6 Å². The molecule has 0 aromatic heterocycles. The Morgan fingerprint density at radius 2 is 1.46 bits per heavy atom. The third-order valence-corrected chi connectivity index (χ3v) is 9.36. The number of phenols is 1. The van der Waals surface area contributed by atoms with Crippen LogP contribution in [-0.4, -0.2) is 139 Å².